The number of nitrogens with zero attached hydrogens (tertiary/aromatic N) is 5. The normalized spacial score (nSPS) is 10.9. The van der Waals surface area contributed by atoms with E-state index < -0.39 is 17.2 Å². The summed E-state index contributed by atoms with van der Waals surface area (Å²) in [5.74, 6) is 0.710. The highest BCUT2D eigenvalue weighted by Crippen LogP contribution is 2.37. The molecule has 3 amide bonds. The minimum atomic E-state index is -0.490. The molecule has 4 N–H and O–H groups in total. The maximum absolute atomic E-state index is 12.9. The summed E-state index contributed by atoms with van der Waals surface area (Å²) in [6.07, 6.45) is 1.59. The van der Waals surface area contributed by atoms with Crippen LogP contribution in [-0.4, -0.2) is 79.3 Å². The standard InChI is InChI=1S/C19H26B3N9O3/c1-4-23-18(33)26-13-8-12(14(29-28-13)17(32)27-19(20,21)22)25-11-7-5-6-10(15(11)34-3)16-24-9-31(2)30-16/h5-9H,4,20-22H2,1-3H3,(H,27,32)(H3,23,25,26,28,33). The first-order valence-electron chi connectivity index (χ1n) is 10.7. The highest BCUT2D eigenvalue weighted by atomic mass is 16.5. The van der Waals surface area contributed by atoms with Gasteiger partial charge in [0.2, 0.25) is 0 Å². The van der Waals surface area contributed by atoms with E-state index in [1.54, 1.807) is 31.0 Å². The lowest BCUT2D eigenvalue weighted by atomic mass is 9.49. The summed E-state index contributed by atoms with van der Waals surface area (Å²) in [5.41, 5.74) is 1.60. The summed E-state index contributed by atoms with van der Waals surface area (Å²) >= 11 is 0. The lowest BCUT2D eigenvalue weighted by Crippen LogP contribution is -2.50. The third-order valence-corrected chi connectivity index (χ3v) is 4.41. The Labute approximate surface area is 199 Å². The Morgan fingerprint density at radius 2 is 1.94 bits per heavy atom. The largest absolute Gasteiger partial charge is 0.494 e. The Morgan fingerprint density at radius 1 is 1.18 bits per heavy atom. The number of urea groups is 1. The van der Waals surface area contributed by atoms with E-state index in [9.17, 15) is 9.59 Å². The van der Waals surface area contributed by atoms with Crippen LogP contribution in [0.2, 0.25) is 0 Å². The molecule has 2 heterocycles. The summed E-state index contributed by atoms with van der Waals surface area (Å²) in [6.45, 7) is 2.25. The summed E-state index contributed by atoms with van der Waals surface area (Å²) < 4.78 is 7.25. The molecule has 15 heteroatoms. The number of methoxy groups -OCH3 is 1. The van der Waals surface area contributed by atoms with Crippen molar-refractivity contribution in [1.29, 1.82) is 0 Å². The van der Waals surface area contributed by atoms with E-state index in [2.05, 4.69) is 41.5 Å². The first-order valence-corrected chi connectivity index (χ1v) is 10.7. The van der Waals surface area contributed by atoms with Gasteiger partial charge in [0, 0.05) is 19.7 Å². The van der Waals surface area contributed by atoms with E-state index in [1.165, 1.54) is 13.2 Å². The number of hydrogen-bond acceptors (Lipinski definition) is 8. The molecule has 1 aromatic carbocycles. The Morgan fingerprint density at radius 3 is 2.56 bits per heavy atom. The first-order chi connectivity index (χ1) is 16.1. The number of anilines is 3. The van der Waals surface area contributed by atoms with Crippen molar-refractivity contribution >= 4 is 52.7 Å². The van der Waals surface area contributed by atoms with Crippen molar-refractivity contribution in [2.45, 2.75) is 12.2 Å². The average Bonchev–Trinajstić information content (AvgIpc) is 3.18. The van der Waals surface area contributed by atoms with Gasteiger partial charge in [0.05, 0.1) is 24.0 Å². The summed E-state index contributed by atoms with van der Waals surface area (Å²) in [4.78, 5) is 29.2. The van der Waals surface area contributed by atoms with Crippen LogP contribution in [0.15, 0.2) is 30.6 Å². The van der Waals surface area contributed by atoms with Gasteiger partial charge in [-0.05, 0) is 24.3 Å². The molecular formula is C19H26B3N9O3. The summed E-state index contributed by atoms with van der Waals surface area (Å²) in [7, 11) is 8.90. The van der Waals surface area contributed by atoms with E-state index >= 15 is 0 Å². The number of amides is 3. The van der Waals surface area contributed by atoms with Crippen molar-refractivity contribution < 1.29 is 14.3 Å². The predicted octanol–water partition coefficient (Wildman–Crippen LogP) is -1.59. The SMILES string of the molecule is BC(B)(B)NC(=O)c1nnc(NC(=O)NCC)cc1Nc1cccc(-c2ncn(C)n2)c1OC. The van der Waals surface area contributed by atoms with Gasteiger partial charge in [-0.1, -0.05) is 6.07 Å². The second kappa shape index (κ2) is 10.3. The van der Waals surface area contributed by atoms with Crippen LogP contribution in [0.25, 0.3) is 11.4 Å². The molecule has 0 unspecified atom stereocenters. The topological polar surface area (TPSA) is 148 Å². The third-order valence-electron chi connectivity index (χ3n) is 4.41. The van der Waals surface area contributed by atoms with Crippen molar-refractivity contribution in [1.82, 2.24) is 35.6 Å². The Kier molecular flexibility index (Phi) is 7.44. The van der Waals surface area contributed by atoms with Gasteiger partial charge in [0.15, 0.2) is 23.1 Å². The molecule has 174 valence electrons. The molecule has 0 spiro atoms. The average molecular weight is 461 g/mol. The number of aromatic nitrogens is 5. The molecule has 3 aromatic rings. The number of nitrogens with one attached hydrogen (secondary N) is 4. The maximum Gasteiger partial charge on any atom is 0.320 e. The van der Waals surface area contributed by atoms with Crippen molar-refractivity contribution in [3.05, 3.63) is 36.3 Å². The Bertz CT molecular complexity index is 1200. The Hall–Kier alpha value is -4.03. The molecule has 0 aliphatic rings. The smallest absolute Gasteiger partial charge is 0.320 e. The lowest BCUT2D eigenvalue weighted by Gasteiger charge is -2.21. The van der Waals surface area contributed by atoms with Crippen LogP contribution in [0.3, 0.4) is 0 Å². The van der Waals surface area contributed by atoms with Gasteiger partial charge in [-0.25, -0.2) is 9.78 Å². The van der Waals surface area contributed by atoms with Crippen LogP contribution in [0.4, 0.5) is 22.0 Å². The van der Waals surface area contributed by atoms with Crippen LogP contribution >= 0.6 is 0 Å². The van der Waals surface area contributed by atoms with Crippen molar-refractivity contribution in [2.24, 2.45) is 7.05 Å². The van der Waals surface area contributed by atoms with Gasteiger partial charge in [0.1, 0.15) is 29.9 Å². The molecule has 0 fully saturated rings. The zero-order valence-electron chi connectivity index (χ0n) is 20.1. The number of rotatable bonds is 8. The molecule has 0 atom stereocenters. The van der Waals surface area contributed by atoms with E-state index in [0.29, 0.717) is 35.1 Å². The highest BCUT2D eigenvalue weighted by Gasteiger charge is 2.23. The monoisotopic (exact) mass is 461 g/mol. The van der Waals surface area contributed by atoms with Gasteiger partial charge >= 0.3 is 6.03 Å². The molecule has 0 saturated heterocycles. The van der Waals surface area contributed by atoms with Gasteiger partial charge in [-0.2, -0.15) is 5.10 Å². The molecule has 12 nitrogen and oxygen atoms in total. The molecule has 0 aliphatic carbocycles. The maximum atomic E-state index is 12.9. The van der Waals surface area contributed by atoms with Crippen LogP contribution < -0.4 is 26.0 Å². The Balaban J connectivity index is 2.04. The quantitative estimate of drug-likeness (QED) is 0.294. The first kappa shape index (κ1) is 24.6. The third kappa shape index (κ3) is 6.06. The summed E-state index contributed by atoms with van der Waals surface area (Å²) in [6, 6.07) is 6.53. The van der Waals surface area contributed by atoms with E-state index in [1.807, 2.05) is 35.7 Å². The van der Waals surface area contributed by atoms with Crippen LogP contribution in [0.1, 0.15) is 17.4 Å². The van der Waals surface area contributed by atoms with Crippen LogP contribution in [0.5, 0.6) is 5.75 Å². The molecule has 0 bridgehead atoms. The number of aryl methyl sites for hydroxylation is 1. The number of hydrogen-bond donors (Lipinski definition) is 4. The number of carbonyl (C=O) groups is 2. The number of ether oxygens (including phenoxy) is 1. The molecule has 0 saturated carbocycles. The van der Waals surface area contributed by atoms with E-state index in [-0.39, 0.29) is 11.5 Å². The molecule has 34 heavy (non-hydrogen) atoms. The molecule has 0 aliphatic heterocycles. The van der Waals surface area contributed by atoms with Gasteiger partial charge in [0.25, 0.3) is 5.91 Å². The van der Waals surface area contributed by atoms with E-state index in [4.69, 9.17) is 4.74 Å². The highest BCUT2D eigenvalue weighted by molar-refractivity contribution is 6.60. The van der Waals surface area contributed by atoms with Gasteiger partial charge in [-0.15, -0.1) is 10.2 Å². The number of para-hydroxylation sites is 1. The van der Waals surface area contributed by atoms with E-state index in [0.717, 1.165) is 0 Å². The minimum absolute atomic E-state index is 0.0554. The van der Waals surface area contributed by atoms with Crippen LogP contribution in [-0.2, 0) is 7.05 Å². The fraction of sp³-hybridized carbons (Fsp3) is 0.263. The lowest BCUT2D eigenvalue weighted by molar-refractivity contribution is 0.0947. The zero-order chi connectivity index (χ0) is 24.9. The molecule has 0 radical (unpaired) electrons. The predicted molar refractivity (Wildman–Crippen MR) is 137 cm³/mol. The fourth-order valence-corrected chi connectivity index (χ4v) is 3.08. The number of benzene rings is 1. The molecule has 3 rings (SSSR count). The number of carbonyl (C=O) groups excluding carboxylic acids is 2. The van der Waals surface area contributed by atoms with Crippen molar-refractivity contribution in [2.75, 3.05) is 24.3 Å². The van der Waals surface area contributed by atoms with Gasteiger partial charge < -0.3 is 20.7 Å². The summed E-state index contributed by atoms with van der Waals surface area (Å²) in [5, 5.41) is 23.2. The van der Waals surface area contributed by atoms with Gasteiger partial charge in [-0.3, -0.25) is 14.8 Å². The van der Waals surface area contributed by atoms with Crippen molar-refractivity contribution in [3.8, 4) is 17.1 Å². The van der Waals surface area contributed by atoms with Crippen molar-refractivity contribution in [3.63, 3.8) is 0 Å². The molecular weight excluding hydrogens is 435 g/mol. The van der Waals surface area contributed by atoms with Crippen LogP contribution in [0, 0.1) is 0 Å². The fourth-order valence-electron chi connectivity index (χ4n) is 3.08. The minimum Gasteiger partial charge on any atom is -0.494 e. The zero-order valence-corrected chi connectivity index (χ0v) is 20.1. The second-order valence-corrected chi connectivity index (χ2v) is 8.43. The molecule has 2 aromatic heterocycles. The second-order valence-electron chi connectivity index (χ2n) is 8.43.